The van der Waals surface area contributed by atoms with Gasteiger partial charge in [-0.2, -0.15) is 0 Å². The normalized spacial score (nSPS) is 19.6. The molecule has 1 aliphatic carbocycles. The second kappa shape index (κ2) is 7.99. The minimum absolute atomic E-state index is 0.216. The lowest BCUT2D eigenvalue weighted by Gasteiger charge is -2.26. The van der Waals surface area contributed by atoms with Gasteiger partial charge in [-0.25, -0.2) is 4.39 Å². The molecule has 0 bridgehead atoms. The summed E-state index contributed by atoms with van der Waals surface area (Å²) in [5, 5.41) is 12.0. The maximum Gasteiger partial charge on any atom is 0.306 e. The highest BCUT2D eigenvalue weighted by Gasteiger charge is 2.31. The molecular weight excluding hydrogens is 337 g/mol. The van der Waals surface area contributed by atoms with Crippen LogP contribution in [-0.4, -0.2) is 17.0 Å². The number of rotatable bonds is 5. The summed E-state index contributed by atoms with van der Waals surface area (Å²) in [6.45, 7) is 0. The fourth-order valence-electron chi connectivity index (χ4n) is 3.20. The van der Waals surface area contributed by atoms with Crippen LogP contribution in [0.2, 0.25) is 0 Å². The molecule has 136 valence electrons. The van der Waals surface area contributed by atoms with Gasteiger partial charge in [-0.3, -0.25) is 9.59 Å². The predicted octanol–water partition coefficient (Wildman–Crippen LogP) is 4.45. The molecule has 2 aromatic rings. The molecule has 6 heteroatoms. The number of amides is 1. The van der Waals surface area contributed by atoms with Crippen molar-refractivity contribution in [3.05, 3.63) is 54.3 Å². The van der Waals surface area contributed by atoms with Crippen LogP contribution in [0.1, 0.15) is 25.7 Å². The number of para-hydroxylation sites is 2. The summed E-state index contributed by atoms with van der Waals surface area (Å²) in [6, 6.07) is 12.6. The van der Waals surface area contributed by atoms with Crippen LogP contribution in [0.4, 0.5) is 10.1 Å². The minimum atomic E-state index is -0.850. The van der Waals surface area contributed by atoms with Crippen molar-refractivity contribution in [2.45, 2.75) is 25.7 Å². The standard InChI is InChI=1S/C20H20FNO4/c21-15-7-4-8-16(12-15)26-18-10-2-1-9-17(18)22-19(23)13-5-3-6-14(11-13)20(24)25/h1-2,4,7-10,12-14H,3,5-6,11H2,(H,22,23)(H,24,25). The highest BCUT2D eigenvalue weighted by atomic mass is 19.1. The summed E-state index contributed by atoms with van der Waals surface area (Å²) in [6.07, 6.45) is 2.34. The summed E-state index contributed by atoms with van der Waals surface area (Å²) in [5.74, 6) is -1.56. The molecular formula is C20H20FNO4. The Hall–Kier alpha value is -2.89. The molecule has 2 N–H and O–H groups in total. The van der Waals surface area contributed by atoms with E-state index in [1.807, 2.05) is 0 Å². The molecule has 0 saturated heterocycles. The molecule has 0 aliphatic heterocycles. The van der Waals surface area contributed by atoms with E-state index in [9.17, 15) is 19.1 Å². The molecule has 1 aliphatic rings. The first-order valence-corrected chi connectivity index (χ1v) is 8.59. The van der Waals surface area contributed by atoms with Crippen molar-refractivity contribution in [1.29, 1.82) is 0 Å². The van der Waals surface area contributed by atoms with E-state index < -0.39 is 17.7 Å². The van der Waals surface area contributed by atoms with Gasteiger partial charge in [-0.15, -0.1) is 0 Å². The zero-order valence-electron chi connectivity index (χ0n) is 14.2. The number of hydrogen-bond donors (Lipinski definition) is 2. The first kappa shape index (κ1) is 17.9. The zero-order valence-corrected chi connectivity index (χ0v) is 14.2. The molecule has 1 amide bonds. The second-order valence-electron chi connectivity index (χ2n) is 6.44. The molecule has 0 aromatic heterocycles. The van der Waals surface area contributed by atoms with E-state index in [1.54, 1.807) is 36.4 Å². The number of carbonyl (C=O) groups excluding carboxylic acids is 1. The highest BCUT2D eigenvalue weighted by molar-refractivity contribution is 5.94. The van der Waals surface area contributed by atoms with Crippen LogP contribution in [0.15, 0.2) is 48.5 Å². The molecule has 2 unspecified atom stereocenters. The van der Waals surface area contributed by atoms with Gasteiger partial charge in [0.25, 0.3) is 0 Å². The van der Waals surface area contributed by atoms with E-state index in [-0.39, 0.29) is 11.8 Å². The number of benzene rings is 2. The van der Waals surface area contributed by atoms with Crippen LogP contribution >= 0.6 is 0 Å². The van der Waals surface area contributed by atoms with Crippen LogP contribution in [0.5, 0.6) is 11.5 Å². The number of anilines is 1. The number of hydrogen-bond acceptors (Lipinski definition) is 3. The lowest BCUT2D eigenvalue weighted by Crippen LogP contribution is -2.31. The molecule has 26 heavy (non-hydrogen) atoms. The van der Waals surface area contributed by atoms with Crippen LogP contribution in [0, 0.1) is 17.7 Å². The Morgan fingerprint density at radius 2 is 1.85 bits per heavy atom. The van der Waals surface area contributed by atoms with Gasteiger partial charge in [0.15, 0.2) is 5.75 Å². The molecule has 0 heterocycles. The van der Waals surface area contributed by atoms with Crippen LogP contribution in [0.25, 0.3) is 0 Å². The molecule has 1 saturated carbocycles. The molecule has 0 spiro atoms. The smallest absolute Gasteiger partial charge is 0.306 e. The largest absolute Gasteiger partial charge is 0.481 e. The lowest BCUT2D eigenvalue weighted by molar-refractivity contribution is -0.143. The maximum absolute atomic E-state index is 13.3. The first-order valence-electron chi connectivity index (χ1n) is 8.59. The average molecular weight is 357 g/mol. The summed E-state index contributed by atoms with van der Waals surface area (Å²) in [5.41, 5.74) is 0.471. The van der Waals surface area contributed by atoms with Crippen molar-refractivity contribution in [3.63, 3.8) is 0 Å². The lowest BCUT2D eigenvalue weighted by atomic mass is 9.81. The number of aliphatic carboxylic acids is 1. The fourth-order valence-corrected chi connectivity index (χ4v) is 3.20. The van der Waals surface area contributed by atoms with Gasteiger partial charge in [0.05, 0.1) is 11.6 Å². The fraction of sp³-hybridized carbons (Fsp3) is 0.300. The van der Waals surface area contributed by atoms with Crippen molar-refractivity contribution in [2.24, 2.45) is 11.8 Å². The third kappa shape index (κ3) is 4.39. The zero-order chi connectivity index (χ0) is 18.5. The number of carboxylic acids is 1. The molecule has 2 aromatic carbocycles. The van der Waals surface area contributed by atoms with Gasteiger partial charge in [-0.1, -0.05) is 24.6 Å². The van der Waals surface area contributed by atoms with Crippen molar-refractivity contribution in [3.8, 4) is 11.5 Å². The van der Waals surface area contributed by atoms with E-state index in [2.05, 4.69) is 5.32 Å². The molecule has 3 rings (SSSR count). The van der Waals surface area contributed by atoms with Gasteiger partial charge in [-0.05, 0) is 43.5 Å². The Morgan fingerprint density at radius 1 is 1.08 bits per heavy atom. The van der Waals surface area contributed by atoms with Gasteiger partial charge in [0, 0.05) is 12.0 Å². The minimum Gasteiger partial charge on any atom is -0.481 e. The van der Waals surface area contributed by atoms with Crippen molar-refractivity contribution in [1.82, 2.24) is 0 Å². The first-order chi connectivity index (χ1) is 12.5. The summed E-state index contributed by atoms with van der Waals surface area (Å²) in [7, 11) is 0. The second-order valence-corrected chi connectivity index (χ2v) is 6.44. The monoisotopic (exact) mass is 357 g/mol. The van der Waals surface area contributed by atoms with Gasteiger partial charge < -0.3 is 15.2 Å². The predicted molar refractivity (Wildman–Crippen MR) is 94.6 cm³/mol. The topological polar surface area (TPSA) is 75.6 Å². The number of carboxylic acid groups (broad SMARTS) is 1. The summed E-state index contributed by atoms with van der Waals surface area (Å²) < 4.78 is 19.0. The van der Waals surface area contributed by atoms with E-state index in [0.29, 0.717) is 36.4 Å². The molecule has 0 radical (unpaired) electrons. The Labute approximate surface area is 150 Å². The van der Waals surface area contributed by atoms with E-state index in [1.165, 1.54) is 12.1 Å². The van der Waals surface area contributed by atoms with Crippen LogP contribution in [0.3, 0.4) is 0 Å². The number of halogens is 1. The quantitative estimate of drug-likeness (QED) is 0.829. The molecule has 5 nitrogen and oxygen atoms in total. The summed E-state index contributed by atoms with van der Waals surface area (Å²) >= 11 is 0. The number of nitrogens with one attached hydrogen (secondary N) is 1. The van der Waals surface area contributed by atoms with E-state index in [0.717, 1.165) is 6.42 Å². The number of ether oxygens (including phenoxy) is 1. The molecule has 2 atom stereocenters. The Kier molecular flexibility index (Phi) is 5.51. The third-order valence-electron chi connectivity index (χ3n) is 4.56. The summed E-state index contributed by atoms with van der Waals surface area (Å²) in [4.78, 5) is 23.8. The number of carbonyl (C=O) groups is 2. The maximum atomic E-state index is 13.3. The average Bonchev–Trinajstić information content (AvgIpc) is 2.63. The molecule has 1 fully saturated rings. The van der Waals surface area contributed by atoms with Gasteiger partial charge in [0.2, 0.25) is 5.91 Å². The third-order valence-corrected chi connectivity index (χ3v) is 4.56. The highest BCUT2D eigenvalue weighted by Crippen LogP contribution is 2.33. The SMILES string of the molecule is O=C(O)C1CCCC(C(=O)Nc2ccccc2Oc2cccc(F)c2)C1. The van der Waals surface area contributed by atoms with Crippen molar-refractivity contribution < 1.29 is 23.8 Å². The van der Waals surface area contributed by atoms with Crippen molar-refractivity contribution in [2.75, 3.05) is 5.32 Å². The van der Waals surface area contributed by atoms with Gasteiger partial charge >= 0.3 is 5.97 Å². The van der Waals surface area contributed by atoms with Crippen LogP contribution in [-0.2, 0) is 9.59 Å². The van der Waals surface area contributed by atoms with E-state index >= 15 is 0 Å². The van der Waals surface area contributed by atoms with Crippen LogP contribution < -0.4 is 10.1 Å². The Balaban J connectivity index is 1.71. The van der Waals surface area contributed by atoms with Crippen molar-refractivity contribution >= 4 is 17.6 Å². The Morgan fingerprint density at radius 3 is 2.62 bits per heavy atom. The van der Waals surface area contributed by atoms with E-state index in [4.69, 9.17) is 4.74 Å². The Bertz CT molecular complexity index is 808. The van der Waals surface area contributed by atoms with Gasteiger partial charge in [0.1, 0.15) is 11.6 Å².